The maximum Gasteiger partial charge on any atom is 0.234 e. The van der Waals surface area contributed by atoms with Crippen LogP contribution in [0.3, 0.4) is 0 Å². The van der Waals surface area contributed by atoms with Crippen LogP contribution in [0.1, 0.15) is 13.8 Å². The Morgan fingerprint density at radius 2 is 2.40 bits per heavy atom. The first-order valence-corrected chi connectivity index (χ1v) is 6.54. The number of ether oxygens (including phenoxy) is 2. The summed E-state index contributed by atoms with van der Waals surface area (Å²) in [4.78, 5) is 12.2. The summed E-state index contributed by atoms with van der Waals surface area (Å²) < 4.78 is 24.0. The van der Waals surface area contributed by atoms with E-state index in [0.29, 0.717) is 18.9 Å². The molecule has 5 nitrogen and oxygen atoms in total. The van der Waals surface area contributed by atoms with Gasteiger partial charge in [0.2, 0.25) is 5.91 Å². The van der Waals surface area contributed by atoms with Crippen molar-refractivity contribution in [1.82, 2.24) is 0 Å². The Kier molecular flexibility index (Phi) is 4.25. The Morgan fingerprint density at radius 3 is 2.95 bits per heavy atom. The Morgan fingerprint density at radius 1 is 1.65 bits per heavy atom. The smallest absolute Gasteiger partial charge is 0.234 e. The number of hydrogen-bond donors (Lipinski definition) is 2. The van der Waals surface area contributed by atoms with E-state index in [1.54, 1.807) is 19.9 Å². The van der Waals surface area contributed by atoms with Crippen LogP contribution in [0, 0.1) is 11.2 Å². The van der Waals surface area contributed by atoms with Crippen LogP contribution in [0.4, 0.5) is 10.1 Å². The van der Waals surface area contributed by atoms with Crippen LogP contribution < -0.4 is 15.8 Å². The molecule has 0 aliphatic carbocycles. The molecule has 20 heavy (non-hydrogen) atoms. The predicted octanol–water partition coefficient (Wildman–Crippen LogP) is 1.53. The average molecular weight is 282 g/mol. The lowest BCUT2D eigenvalue weighted by molar-refractivity contribution is -0.125. The number of carbonyl (C=O) groups is 1. The van der Waals surface area contributed by atoms with Gasteiger partial charge in [0.1, 0.15) is 0 Å². The number of nitrogens with one attached hydrogen (secondary N) is 1. The Labute approximate surface area is 117 Å². The minimum atomic E-state index is -0.797. The van der Waals surface area contributed by atoms with Gasteiger partial charge in [0, 0.05) is 17.8 Å². The molecule has 2 unspecified atom stereocenters. The maximum atomic E-state index is 13.7. The van der Waals surface area contributed by atoms with Gasteiger partial charge in [-0.25, -0.2) is 4.39 Å². The van der Waals surface area contributed by atoms with Crippen LogP contribution >= 0.6 is 0 Å². The Hall–Kier alpha value is -1.66. The fourth-order valence-corrected chi connectivity index (χ4v) is 2.05. The summed E-state index contributed by atoms with van der Waals surface area (Å²) in [5.41, 5.74) is 5.46. The molecule has 1 amide bonds. The summed E-state index contributed by atoms with van der Waals surface area (Å²) >= 11 is 0. The summed E-state index contributed by atoms with van der Waals surface area (Å²) in [6, 6.07) is 3.95. The lowest BCUT2D eigenvalue weighted by atomic mass is 9.85. The van der Waals surface area contributed by atoms with E-state index in [1.807, 2.05) is 0 Å². The largest absolute Gasteiger partial charge is 0.491 e. The van der Waals surface area contributed by atoms with E-state index in [9.17, 15) is 9.18 Å². The molecule has 6 heteroatoms. The maximum absolute atomic E-state index is 13.7. The van der Waals surface area contributed by atoms with E-state index in [0.717, 1.165) is 0 Å². The first kappa shape index (κ1) is 14.7. The van der Waals surface area contributed by atoms with Gasteiger partial charge in [-0.2, -0.15) is 0 Å². The van der Waals surface area contributed by atoms with Crippen molar-refractivity contribution in [3.63, 3.8) is 0 Å². The van der Waals surface area contributed by atoms with Gasteiger partial charge in [0.15, 0.2) is 11.6 Å². The first-order valence-electron chi connectivity index (χ1n) is 6.54. The zero-order valence-corrected chi connectivity index (χ0v) is 11.6. The van der Waals surface area contributed by atoms with Gasteiger partial charge in [-0.3, -0.25) is 4.79 Å². The quantitative estimate of drug-likeness (QED) is 0.878. The normalized spacial score (nSPS) is 25.5. The van der Waals surface area contributed by atoms with E-state index in [4.69, 9.17) is 15.2 Å². The minimum absolute atomic E-state index is 0.164. The fourth-order valence-electron chi connectivity index (χ4n) is 2.05. The number of carbonyl (C=O) groups excluding carboxylic acids is 1. The van der Waals surface area contributed by atoms with E-state index in [1.165, 1.54) is 12.1 Å². The highest BCUT2D eigenvalue weighted by Crippen LogP contribution is 2.29. The lowest BCUT2D eigenvalue weighted by Gasteiger charge is -2.25. The fraction of sp³-hybridized carbons (Fsp3) is 0.500. The van der Waals surface area contributed by atoms with E-state index >= 15 is 0 Å². The highest BCUT2D eigenvalue weighted by Gasteiger charge is 2.44. The van der Waals surface area contributed by atoms with Crippen molar-refractivity contribution in [2.75, 3.05) is 25.1 Å². The third-order valence-electron chi connectivity index (χ3n) is 3.53. The molecule has 3 N–H and O–H groups in total. The number of anilines is 1. The molecule has 1 aromatic carbocycles. The number of nitrogens with two attached hydrogens (primary N) is 1. The van der Waals surface area contributed by atoms with Crippen molar-refractivity contribution in [3.8, 4) is 5.75 Å². The number of hydrogen-bond acceptors (Lipinski definition) is 4. The zero-order chi connectivity index (χ0) is 14.8. The topological polar surface area (TPSA) is 73.6 Å². The summed E-state index contributed by atoms with van der Waals surface area (Å²) in [5, 5.41) is 2.67. The van der Waals surface area contributed by atoms with Crippen LogP contribution in [-0.4, -0.2) is 31.8 Å². The lowest BCUT2D eigenvalue weighted by Crippen LogP contribution is -2.47. The molecule has 0 aromatic heterocycles. The van der Waals surface area contributed by atoms with Crippen LogP contribution in [-0.2, 0) is 9.53 Å². The van der Waals surface area contributed by atoms with Crippen LogP contribution in [0.5, 0.6) is 5.75 Å². The van der Waals surface area contributed by atoms with Gasteiger partial charge in [0.05, 0.1) is 25.2 Å². The molecule has 1 heterocycles. The molecule has 2 rings (SSSR count). The molecule has 0 bridgehead atoms. The highest BCUT2D eigenvalue weighted by molar-refractivity contribution is 5.96. The second kappa shape index (κ2) is 5.76. The van der Waals surface area contributed by atoms with E-state index < -0.39 is 11.2 Å². The predicted molar refractivity (Wildman–Crippen MR) is 73.1 cm³/mol. The zero-order valence-electron chi connectivity index (χ0n) is 11.6. The molecule has 110 valence electrons. The number of amides is 1. The van der Waals surface area contributed by atoms with E-state index in [2.05, 4.69) is 5.32 Å². The van der Waals surface area contributed by atoms with Gasteiger partial charge in [-0.1, -0.05) is 0 Å². The van der Waals surface area contributed by atoms with Crippen molar-refractivity contribution in [2.45, 2.75) is 19.9 Å². The van der Waals surface area contributed by atoms with Crippen molar-refractivity contribution in [2.24, 2.45) is 11.1 Å². The van der Waals surface area contributed by atoms with Gasteiger partial charge in [-0.05, 0) is 26.0 Å². The third kappa shape index (κ3) is 2.76. The number of halogens is 1. The van der Waals surface area contributed by atoms with Gasteiger partial charge < -0.3 is 20.5 Å². The SMILES string of the molecule is CCOc1ccc(NC(=O)C2(C)COCC2N)cc1F. The molecule has 1 aromatic rings. The molecule has 1 fully saturated rings. The van der Waals surface area contributed by atoms with Crippen molar-refractivity contribution >= 4 is 11.6 Å². The second-order valence-corrected chi connectivity index (χ2v) is 5.07. The molecule has 1 aliphatic rings. The van der Waals surface area contributed by atoms with Gasteiger partial charge >= 0.3 is 0 Å². The van der Waals surface area contributed by atoms with Gasteiger partial charge in [-0.15, -0.1) is 0 Å². The van der Waals surface area contributed by atoms with Crippen molar-refractivity contribution in [3.05, 3.63) is 24.0 Å². The Balaban J connectivity index is 2.10. The highest BCUT2D eigenvalue weighted by atomic mass is 19.1. The molecular weight excluding hydrogens is 263 g/mol. The number of rotatable bonds is 4. The monoisotopic (exact) mass is 282 g/mol. The standard InChI is InChI=1S/C14H19FN2O3/c1-3-20-11-5-4-9(6-10(11)15)17-13(18)14(2)8-19-7-12(14)16/h4-6,12H,3,7-8,16H2,1-2H3,(H,17,18). The van der Waals surface area contributed by atoms with Crippen LogP contribution in [0.15, 0.2) is 18.2 Å². The minimum Gasteiger partial charge on any atom is -0.491 e. The molecule has 1 aliphatic heterocycles. The molecule has 0 spiro atoms. The van der Waals surface area contributed by atoms with Crippen molar-refractivity contribution in [1.29, 1.82) is 0 Å². The number of benzene rings is 1. The van der Waals surface area contributed by atoms with Crippen LogP contribution in [0.2, 0.25) is 0 Å². The average Bonchev–Trinajstić information content (AvgIpc) is 2.74. The molecule has 1 saturated heterocycles. The molecule has 2 atom stereocenters. The molecule has 0 radical (unpaired) electrons. The summed E-state index contributed by atoms with van der Waals surface area (Å²) in [7, 11) is 0. The summed E-state index contributed by atoms with van der Waals surface area (Å²) in [6.45, 7) is 4.51. The van der Waals surface area contributed by atoms with Crippen LogP contribution in [0.25, 0.3) is 0 Å². The third-order valence-corrected chi connectivity index (χ3v) is 3.53. The molecular formula is C14H19FN2O3. The second-order valence-electron chi connectivity index (χ2n) is 5.07. The van der Waals surface area contributed by atoms with E-state index in [-0.39, 0.29) is 24.3 Å². The molecule has 0 saturated carbocycles. The first-order chi connectivity index (χ1) is 9.47. The van der Waals surface area contributed by atoms with Crippen molar-refractivity contribution < 1.29 is 18.7 Å². The summed E-state index contributed by atoms with van der Waals surface area (Å²) in [5.74, 6) is -0.620. The Bertz CT molecular complexity index is 509. The summed E-state index contributed by atoms with van der Waals surface area (Å²) in [6.07, 6.45) is 0. The van der Waals surface area contributed by atoms with Gasteiger partial charge in [0.25, 0.3) is 0 Å².